The second-order valence-electron chi connectivity index (χ2n) is 3.85. The summed E-state index contributed by atoms with van der Waals surface area (Å²) < 4.78 is 11.1. The van der Waals surface area contributed by atoms with Crippen molar-refractivity contribution in [2.24, 2.45) is 0 Å². The molecule has 106 valence electrons. The average Bonchev–Trinajstić information content (AvgIpc) is 2.45. The minimum atomic E-state index is 0.319. The van der Waals surface area contributed by atoms with Gasteiger partial charge in [-0.15, -0.1) is 0 Å². The minimum absolute atomic E-state index is 0.319. The van der Waals surface area contributed by atoms with Crippen molar-refractivity contribution in [3.05, 3.63) is 35.7 Å². The average molecular weight is 294 g/mol. The third-order valence-electron chi connectivity index (χ3n) is 2.46. The maximum atomic E-state index is 5.96. The van der Waals surface area contributed by atoms with E-state index in [9.17, 15) is 0 Å². The SMILES string of the molecule is CCOc1ccc(Nc2nccnc2Cl)cc1OCC. The molecule has 0 atom stereocenters. The number of hydrogen-bond donors (Lipinski definition) is 1. The summed E-state index contributed by atoms with van der Waals surface area (Å²) in [6.07, 6.45) is 3.11. The van der Waals surface area contributed by atoms with Crippen molar-refractivity contribution < 1.29 is 9.47 Å². The van der Waals surface area contributed by atoms with E-state index in [-0.39, 0.29) is 0 Å². The topological polar surface area (TPSA) is 56.3 Å². The summed E-state index contributed by atoms with van der Waals surface area (Å²) in [6, 6.07) is 5.57. The van der Waals surface area contributed by atoms with Crippen LogP contribution in [0.2, 0.25) is 5.15 Å². The number of nitrogens with one attached hydrogen (secondary N) is 1. The first-order chi connectivity index (χ1) is 9.74. The van der Waals surface area contributed by atoms with Crippen LogP contribution in [0.5, 0.6) is 11.5 Å². The zero-order valence-corrected chi connectivity index (χ0v) is 12.1. The van der Waals surface area contributed by atoms with E-state index >= 15 is 0 Å². The van der Waals surface area contributed by atoms with Gasteiger partial charge >= 0.3 is 0 Å². The molecule has 0 saturated heterocycles. The zero-order valence-electron chi connectivity index (χ0n) is 11.4. The molecule has 6 heteroatoms. The van der Waals surface area contributed by atoms with Gasteiger partial charge in [-0.2, -0.15) is 0 Å². The fourth-order valence-electron chi connectivity index (χ4n) is 1.67. The molecule has 1 aromatic carbocycles. The molecule has 0 amide bonds. The number of benzene rings is 1. The van der Waals surface area contributed by atoms with E-state index in [0.717, 1.165) is 5.69 Å². The van der Waals surface area contributed by atoms with Gasteiger partial charge in [0.1, 0.15) is 0 Å². The first-order valence-corrected chi connectivity index (χ1v) is 6.75. The number of aromatic nitrogens is 2. The van der Waals surface area contributed by atoms with E-state index in [1.54, 1.807) is 6.20 Å². The normalized spacial score (nSPS) is 10.2. The van der Waals surface area contributed by atoms with Gasteiger partial charge in [0.05, 0.1) is 13.2 Å². The molecule has 2 aromatic rings. The molecule has 0 bridgehead atoms. The lowest BCUT2D eigenvalue weighted by molar-refractivity contribution is 0.288. The fourth-order valence-corrected chi connectivity index (χ4v) is 1.82. The molecule has 0 fully saturated rings. The van der Waals surface area contributed by atoms with Gasteiger partial charge in [0.2, 0.25) is 0 Å². The fraction of sp³-hybridized carbons (Fsp3) is 0.286. The highest BCUT2D eigenvalue weighted by Gasteiger charge is 2.08. The molecule has 0 aliphatic carbocycles. The maximum absolute atomic E-state index is 5.96. The van der Waals surface area contributed by atoms with Crippen molar-refractivity contribution in [2.75, 3.05) is 18.5 Å². The van der Waals surface area contributed by atoms with Crippen molar-refractivity contribution in [2.45, 2.75) is 13.8 Å². The van der Waals surface area contributed by atoms with E-state index in [1.807, 2.05) is 32.0 Å². The molecule has 1 aromatic heterocycles. The summed E-state index contributed by atoms with van der Waals surface area (Å²) in [4.78, 5) is 8.10. The number of nitrogens with zero attached hydrogens (tertiary/aromatic N) is 2. The van der Waals surface area contributed by atoms with E-state index in [2.05, 4.69) is 15.3 Å². The van der Waals surface area contributed by atoms with Gasteiger partial charge < -0.3 is 14.8 Å². The summed E-state index contributed by atoms with van der Waals surface area (Å²) >= 11 is 5.96. The monoisotopic (exact) mass is 293 g/mol. The smallest absolute Gasteiger partial charge is 0.171 e. The molecule has 0 unspecified atom stereocenters. The summed E-state index contributed by atoms with van der Waals surface area (Å²) in [5.41, 5.74) is 0.805. The summed E-state index contributed by atoms with van der Waals surface area (Å²) in [7, 11) is 0. The molecule has 0 spiro atoms. The molecule has 1 heterocycles. The third kappa shape index (κ3) is 3.51. The van der Waals surface area contributed by atoms with Gasteiger partial charge in [0, 0.05) is 24.1 Å². The molecule has 2 rings (SSSR count). The van der Waals surface area contributed by atoms with Crippen molar-refractivity contribution >= 4 is 23.1 Å². The Hall–Kier alpha value is -2.01. The maximum Gasteiger partial charge on any atom is 0.171 e. The molecule has 0 radical (unpaired) electrons. The van der Waals surface area contributed by atoms with Crippen LogP contribution in [-0.4, -0.2) is 23.2 Å². The standard InChI is InChI=1S/C14H16ClN3O2/c1-3-19-11-6-5-10(9-12(11)20-4-2)18-14-13(15)16-7-8-17-14/h5-9H,3-4H2,1-2H3,(H,17,18). The van der Waals surface area contributed by atoms with Crippen LogP contribution in [0, 0.1) is 0 Å². The molecule has 1 N–H and O–H groups in total. The Morgan fingerprint density at radius 2 is 1.75 bits per heavy atom. The van der Waals surface area contributed by atoms with Gasteiger partial charge in [0.25, 0.3) is 0 Å². The van der Waals surface area contributed by atoms with E-state index < -0.39 is 0 Å². The predicted molar refractivity (Wildman–Crippen MR) is 79.1 cm³/mol. The van der Waals surface area contributed by atoms with Gasteiger partial charge in [-0.3, -0.25) is 0 Å². The highest BCUT2D eigenvalue weighted by molar-refractivity contribution is 6.31. The van der Waals surface area contributed by atoms with Crippen LogP contribution in [0.15, 0.2) is 30.6 Å². The highest BCUT2D eigenvalue weighted by Crippen LogP contribution is 2.32. The second-order valence-corrected chi connectivity index (χ2v) is 4.21. The van der Waals surface area contributed by atoms with E-state index in [4.69, 9.17) is 21.1 Å². The third-order valence-corrected chi connectivity index (χ3v) is 2.74. The minimum Gasteiger partial charge on any atom is -0.490 e. The number of hydrogen-bond acceptors (Lipinski definition) is 5. The molecule has 20 heavy (non-hydrogen) atoms. The van der Waals surface area contributed by atoms with Gasteiger partial charge in [-0.25, -0.2) is 9.97 Å². The lowest BCUT2D eigenvalue weighted by Gasteiger charge is -2.13. The highest BCUT2D eigenvalue weighted by atomic mass is 35.5. The van der Waals surface area contributed by atoms with Crippen molar-refractivity contribution in [3.63, 3.8) is 0 Å². The molecule has 0 saturated carbocycles. The van der Waals surface area contributed by atoms with Crippen molar-refractivity contribution in [1.82, 2.24) is 9.97 Å². The predicted octanol–water partition coefficient (Wildman–Crippen LogP) is 3.67. The van der Waals surface area contributed by atoms with Crippen LogP contribution < -0.4 is 14.8 Å². The summed E-state index contributed by atoms with van der Waals surface area (Å²) in [5.74, 6) is 1.89. The Morgan fingerprint density at radius 1 is 1.05 bits per heavy atom. The van der Waals surface area contributed by atoms with Crippen LogP contribution in [0.4, 0.5) is 11.5 Å². The quantitative estimate of drug-likeness (QED) is 0.880. The number of anilines is 2. The Bertz CT molecular complexity index is 578. The summed E-state index contributed by atoms with van der Waals surface area (Å²) in [5, 5.41) is 3.42. The number of halogens is 1. The zero-order chi connectivity index (χ0) is 14.4. The molecule has 0 aliphatic heterocycles. The second kappa shape index (κ2) is 6.96. The Morgan fingerprint density at radius 3 is 2.45 bits per heavy atom. The van der Waals surface area contributed by atoms with Crippen LogP contribution in [0.3, 0.4) is 0 Å². The van der Waals surface area contributed by atoms with Gasteiger partial charge in [-0.05, 0) is 26.0 Å². The van der Waals surface area contributed by atoms with Crippen LogP contribution in [-0.2, 0) is 0 Å². The van der Waals surface area contributed by atoms with Crippen LogP contribution in [0.25, 0.3) is 0 Å². The number of ether oxygens (including phenoxy) is 2. The van der Waals surface area contributed by atoms with Crippen LogP contribution >= 0.6 is 11.6 Å². The van der Waals surface area contributed by atoms with Crippen LogP contribution in [0.1, 0.15) is 13.8 Å². The molecule has 5 nitrogen and oxygen atoms in total. The lowest BCUT2D eigenvalue weighted by atomic mass is 10.2. The van der Waals surface area contributed by atoms with E-state index in [0.29, 0.717) is 35.7 Å². The Balaban J connectivity index is 2.24. The first-order valence-electron chi connectivity index (χ1n) is 6.37. The molecular formula is C14H16ClN3O2. The van der Waals surface area contributed by atoms with Gasteiger partial charge in [-0.1, -0.05) is 11.6 Å². The number of rotatable bonds is 6. The first kappa shape index (κ1) is 14.4. The molecular weight excluding hydrogens is 278 g/mol. The Labute approximate surface area is 122 Å². The van der Waals surface area contributed by atoms with Crippen molar-refractivity contribution in [1.29, 1.82) is 0 Å². The molecule has 0 aliphatic rings. The van der Waals surface area contributed by atoms with E-state index in [1.165, 1.54) is 6.20 Å². The lowest BCUT2D eigenvalue weighted by Crippen LogP contribution is -2.00. The largest absolute Gasteiger partial charge is 0.490 e. The van der Waals surface area contributed by atoms with Crippen molar-refractivity contribution in [3.8, 4) is 11.5 Å². The summed E-state index contributed by atoms with van der Waals surface area (Å²) in [6.45, 7) is 5.01. The van der Waals surface area contributed by atoms with Gasteiger partial charge in [0.15, 0.2) is 22.5 Å². The Kier molecular flexibility index (Phi) is 5.01.